The molecule has 9 heteroatoms. The fourth-order valence-electron chi connectivity index (χ4n) is 0.0445. The number of carbonyl (C=O) groups excluding carboxylic acids is 1. The second kappa shape index (κ2) is 11.6. The Kier molecular flexibility index (Phi) is 26.6. The summed E-state index contributed by atoms with van der Waals surface area (Å²) in [6.07, 6.45) is 0.763. The van der Waals surface area contributed by atoms with Crippen molar-refractivity contribution in [1.29, 1.82) is 0 Å². The summed E-state index contributed by atoms with van der Waals surface area (Å²) in [5.74, 6) is 0. The fraction of sp³-hybridized carbons (Fsp3) is 0. The molecule has 0 heterocycles. The van der Waals surface area contributed by atoms with Gasteiger partial charge in [-0.15, -0.1) is 0 Å². The van der Waals surface area contributed by atoms with Crippen molar-refractivity contribution in [1.82, 2.24) is 0 Å². The molecular weight excluding hydrogens is 211 g/mol. The Hall–Kier alpha value is 2.62. The molecule has 0 fully saturated rings. The molecule has 0 unspecified atom stereocenters. The van der Waals surface area contributed by atoms with Crippen molar-refractivity contribution >= 4 is 115 Å². The minimum atomic E-state index is -4.00. The maximum atomic E-state index is 9.57. The molecular formula is CClNNa3O3S. The van der Waals surface area contributed by atoms with Crippen LogP contribution in [0.5, 0.6) is 0 Å². The molecule has 0 N–H and O–H groups in total. The molecule has 0 aromatic heterocycles. The Morgan fingerprint density at radius 3 is 1.50 bits per heavy atom. The molecule has 0 atom stereocenters. The van der Waals surface area contributed by atoms with Crippen LogP contribution in [0.3, 0.4) is 0 Å². The maximum Gasteiger partial charge on any atom is 0.350 e. The van der Waals surface area contributed by atoms with Crippen LogP contribution in [0.4, 0.5) is 0 Å². The van der Waals surface area contributed by atoms with Crippen molar-refractivity contribution in [3.8, 4) is 0 Å². The van der Waals surface area contributed by atoms with Crippen LogP contribution in [0, 0.1) is 0 Å². The standard InChI is InChI=1S/CClNO3S.3Na/c2-7(5,6)3-1-4;;;. The molecule has 0 aromatic rings. The Morgan fingerprint density at radius 1 is 1.20 bits per heavy atom. The van der Waals surface area contributed by atoms with E-state index in [-0.39, 0.29) is 88.7 Å². The number of hydrogen-bond donors (Lipinski definition) is 0. The second-order valence-electron chi connectivity index (χ2n) is 0.595. The Bertz CT molecular complexity index is 196. The van der Waals surface area contributed by atoms with E-state index >= 15 is 0 Å². The normalized spacial score (nSPS) is 6.90. The quantitative estimate of drug-likeness (QED) is 0.233. The van der Waals surface area contributed by atoms with Gasteiger partial charge in [-0.25, -0.2) is 4.79 Å². The van der Waals surface area contributed by atoms with Crippen molar-refractivity contribution in [2.45, 2.75) is 0 Å². The third-order valence-electron chi connectivity index (χ3n) is 0.146. The van der Waals surface area contributed by atoms with Crippen LogP contribution >= 0.6 is 10.7 Å². The van der Waals surface area contributed by atoms with Gasteiger partial charge in [0.1, 0.15) is 0 Å². The summed E-state index contributed by atoms with van der Waals surface area (Å²) >= 11 is 0. The van der Waals surface area contributed by atoms with Crippen molar-refractivity contribution in [3.05, 3.63) is 0 Å². The maximum absolute atomic E-state index is 9.57. The SMILES string of the molecule is O=C=NS(=O)(=O)Cl.[Na].[Na].[Na]. The minimum absolute atomic E-state index is 0. The number of hydrogen-bond acceptors (Lipinski definition) is 3. The number of rotatable bonds is 1. The van der Waals surface area contributed by atoms with Gasteiger partial charge in [0, 0.05) is 99.4 Å². The number of isocyanates is 1. The van der Waals surface area contributed by atoms with Gasteiger partial charge in [0.25, 0.3) is 6.08 Å². The van der Waals surface area contributed by atoms with Gasteiger partial charge in [-0.3, -0.25) is 0 Å². The van der Waals surface area contributed by atoms with E-state index in [1.165, 1.54) is 0 Å². The second-order valence-corrected chi connectivity index (χ2v) is 2.77. The molecule has 0 aliphatic carbocycles. The smallest absolute Gasteiger partial charge is 0.210 e. The molecule has 0 bridgehead atoms. The first-order valence-electron chi connectivity index (χ1n) is 1.10. The van der Waals surface area contributed by atoms with E-state index < -0.39 is 9.24 Å². The molecule has 0 aromatic carbocycles. The number of nitrogens with zero attached hydrogens (tertiary/aromatic N) is 1. The third-order valence-corrected chi connectivity index (χ3v) is 0.646. The Balaban J connectivity index is -0.0000000600. The predicted octanol–water partition coefficient (Wildman–Crippen LogP) is -1.34. The summed E-state index contributed by atoms with van der Waals surface area (Å²) in [6.45, 7) is 0. The zero-order valence-electron chi connectivity index (χ0n) is 5.96. The monoisotopic (exact) mass is 210 g/mol. The molecule has 0 spiro atoms. The van der Waals surface area contributed by atoms with Gasteiger partial charge in [0.2, 0.25) is 0 Å². The summed E-state index contributed by atoms with van der Waals surface area (Å²) in [5, 5.41) is 0. The van der Waals surface area contributed by atoms with Gasteiger partial charge in [0.05, 0.1) is 0 Å². The van der Waals surface area contributed by atoms with E-state index in [0.29, 0.717) is 0 Å². The molecule has 0 saturated heterocycles. The van der Waals surface area contributed by atoms with Gasteiger partial charge in [-0.2, -0.15) is 8.42 Å². The van der Waals surface area contributed by atoms with Crippen LogP contribution in [0.2, 0.25) is 0 Å². The summed E-state index contributed by atoms with van der Waals surface area (Å²) in [4.78, 5) is 9.07. The Morgan fingerprint density at radius 2 is 1.50 bits per heavy atom. The summed E-state index contributed by atoms with van der Waals surface area (Å²) in [6, 6.07) is 0. The van der Waals surface area contributed by atoms with Crippen LogP contribution in [-0.2, 0) is 14.0 Å². The van der Waals surface area contributed by atoms with Crippen LogP contribution in [0.15, 0.2) is 4.40 Å². The van der Waals surface area contributed by atoms with Gasteiger partial charge >= 0.3 is 9.24 Å². The van der Waals surface area contributed by atoms with Crippen molar-refractivity contribution in [2.24, 2.45) is 4.40 Å². The Labute approximate surface area is 130 Å². The van der Waals surface area contributed by atoms with E-state index in [4.69, 9.17) is 4.79 Å². The van der Waals surface area contributed by atoms with E-state index in [2.05, 4.69) is 15.1 Å². The van der Waals surface area contributed by atoms with Gasteiger partial charge < -0.3 is 0 Å². The minimum Gasteiger partial charge on any atom is -0.210 e. The molecule has 0 aliphatic heterocycles. The fourth-order valence-corrected chi connectivity index (χ4v) is 0.218. The molecule has 3 radical (unpaired) electrons. The van der Waals surface area contributed by atoms with E-state index in [1.54, 1.807) is 0 Å². The molecule has 4 nitrogen and oxygen atoms in total. The largest absolute Gasteiger partial charge is 0.350 e. The van der Waals surface area contributed by atoms with E-state index in [1.807, 2.05) is 0 Å². The first-order chi connectivity index (χ1) is 3.06. The summed E-state index contributed by atoms with van der Waals surface area (Å²) in [7, 11) is 0.376. The average molecular weight is 211 g/mol. The summed E-state index contributed by atoms with van der Waals surface area (Å²) < 4.78 is 21.3. The molecule has 0 aliphatic rings. The number of halogens is 1. The van der Waals surface area contributed by atoms with Crippen LogP contribution in [-0.4, -0.2) is 103 Å². The summed E-state index contributed by atoms with van der Waals surface area (Å²) in [5.41, 5.74) is 0. The molecule has 0 amide bonds. The molecule has 0 saturated carbocycles. The van der Waals surface area contributed by atoms with Crippen molar-refractivity contribution in [2.75, 3.05) is 0 Å². The zero-order chi connectivity index (χ0) is 5.91. The first kappa shape index (κ1) is 22.9. The van der Waals surface area contributed by atoms with Gasteiger partial charge in [0.15, 0.2) is 0 Å². The van der Waals surface area contributed by atoms with Crippen LogP contribution in [0.25, 0.3) is 0 Å². The zero-order valence-corrected chi connectivity index (χ0v) is 13.5. The van der Waals surface area contributed by atoms with Crippen LogP contribution in [0.1, 0.15) is 0 Å². The van der Waals surface area contributed by atoms with Crippen LogP contribution < -0.4 is 0 Å². The van der Waals surface area contributed by atoms with E-state index in [0.717, 1.165) is 6.08 Å². The predicted molar refractivity (Wildman–Crippen MR) is 40.2 cm³/mol. The van der Waals surface area contributed by atoms with Crippen molar-refractivity contribution < 1.29 is 13.2 Å². The molecule has 10 heavy (non-hydrogen) atoms. The van der Waals surface area contributed by atoms with E-state index in [9.17, 15) is 8.42 Å². The van der Waals surface area contributed by atoms with Gasteiger partial charge in [-0.05, 0) is 0 Å². The average Bonchev–Trinajstić information content (AvgIpc) is 1.30. The topological polar surface area (TPSA) is 63.6 Å². The molecule has 43 valence electrons. The molecule has 0 rings (SSSR count). The first-order valence-corrected chi connectivity index (χ1v) is 3.36. The van der Waals surface area contributed by atoms with Gasteiger partial charge in [-0.1, -0.05) is 4.40 Å². The third kappa shape index (κ3) is 22.4. The van der Waals surface area contributed by atoms with Crippen molar-refractivity contribution in [3.63, 3.8) is 0 Å².